The number of fused-ring (bicyclic) bond motifs is 3. The Morgan fingerprint density at radius 1 is 0.733 bits per heavy atom. The summed E-state index contributed by atoms with van der Waals surface area (Å²) in [6, 6.07) is 18.1. The zero-order chi connectivity index (χ0) is 31.4. The predicted octanol–water partition coefficient (Wildman–Crippen LogP) is 6.44. The molecule has 7 rings (SSSR count). The Balaban J connectivity index is 1.17. The average Bonchev–Trinajstić information content (AvgIpc) is 3.04. The van der Waals surface area contributed by atoms with E-state index < -0.39 is 0 Å². The highest BCUT2D eigenvalue weighted by molar-refractivity contribution is 5.85. The fourth-order valence-corrected chi connectivity index (χ4v) is 7.47. The van der Waals surface area contributed by atoms with Crippen molar-refractivity contribution in [3.8, 4) is 51.4 Å². The van der Waals surface area contributed by atoms with Crippen LogP contribution < -0.4 is 18.9 Å². The fraction of sp³-hybridized carbons (Fsp3) is 0.351. The average molecular weight is 609 g/mol. The van der Waals surface area contributed by atoms with E-state index in [4.69, 9.17) is 18.9 Å². The van der Waals surface area contributed by atoms with Gasteiger partial charge in [0.2, 0.25) is 0 Å². The molecule has 8 nitrogen and oxygen atoms in total. The number of hydrogen-bond donors (Lipinski definition) is 2. The molecule has 2 atom stereocenters. The molecule has 0 saturated carbocycles. The van der Waals surface area contributed by atoms with Crippen molar-refractivity contribution in [1.82, 2.24) is 9.80 Å². The molecule has 8 heteroatoms. The van der Waals surface area contributed by atoms with Crippen LogP contribution in [0, 0.1) is 0 Å². The lowest BCUT2D eigenvalue weighted by Crippen LogP contribution is -2.35. The topological polar surface area (TPSA) is 83.9 Å². The molecule has 0 fully saturated rings. The van der Waals surface area contributed by atoms with E-state index in [1.807, 2.05) is 36.4 Å². The SMILES string of the molecule is COc1cc2c(cc1O)CCN(C)C2Cc1ccc(Oc2cc3c(cc2O)-c2c(OC)c(OC)cc4c2C(C3)N(C)CC4)cc1. The largest absolute Gasteiger partial charge is 0.504 e. The van der Waals surface area contributed by atoms with Gasteiger partial charge in [-0.25, -0.2) is 0 Å². The van der Waals surface area contributed by atoms with E-state index in [1.165, 1.54) is 22.3 Å². The molecule has 2 heterocycles. The summed E-state index contributed by atoms with van der Waals surface area (Å²) in [7, 11) is 9.23. The lowest BCUT2D eigenvalue weighted by atomic mass is 9.76. The molecule has 0 bridgehead atoms. The van der Waals surface area contributed by atoms with E-state index in [9.17, 15) is 10.2 Å². The number of methoxy groups -OCH3 is 3. The minimum atomic E-state index is 0.0803. The first-order valence-electron chi connectivity index (χ1n) is 15.5. The molecule has 0 amide bonds. The number of aromatic hydroxyl groups is 2. The molecule has 2 N–H and O–H groups in total. The van der Waals surface area contributed by atoms with Gasteiger partial charge < -0.3 is 29.2 Å². The van der Waals surface area contributed by atoms with Crippen LogP contribution in [0.4, 0.5) is 0 Å². The van der Waals surface area contributed by atoms with Crippen molar-refractivity contribution in [3.05, 3.63) is 88.0 Å². The van der Waals surface area contributed by atoms with Crippen LogP contribution in [0.25, 0.3) is 11.1 Å². The maximum atomic E-state index is 11.2. The molecular weight excluding hydrogens is 568 g/mol. The smallest absolute Gasteiger partial charge is 0.169 e. The predicted molar refractivity (Wildman–Crippen MR) is 173 cm³/mol. The Labute approximate surface area is 264 Å². The highest BCUT2D eigenvalue weighted by Gasteiger charge is 2.37. The van der Waals surface area contributed by atoms with Crippen LogP contribution in [0.5, 0.6) is 40.2 Å². The summed E-state index contributed by atoms with van der Waals surface area (Å²) in [5, 5.41) is 21.5. The number of ether oxygens (including phenoxy) is 4. The molecular formula is C37H40N2O6. The molecule has 1 aliphatic carbocycles. The van der Waals surface area contributed by atoms with Crippen LogP contribution in [0.3, 0.4) is 0 Å². The van der Waals surface area contributed by atoms with Crippen molar-refractivity contribution in [2.45, 2.75) is 37.8 Å². The van der Waals surface area contributed by atoms with E-state index >= 15 is 0 Å². The summed E-state index contributed by atoms with van der Waals surface area (Å²) in [5.74, 6) is 3.26. The molecule has 2 unspecified atom stereocenters. The van der Waals surface area contributed by atoms with Gasteiger partial charge in [-0.1, -0.05) is 12.1 Å². The van der Waals surface area contributed by atoms with Crippen LogP contribution in [-0.4, -0.2) is 68.5 Å². The minimum absolute atomic E-state index is 0.0803. The quantitative estimate of drug-likeness (QED) is 0.248. The van der Waals surface area contributed by atoms with Crippen molar-refractivity contribution >= 4 is 0 Å². The fourth-order valence-electron chi connectivity index (χ4n) is 7.47. The van der Waals surface area contributed by atoms with Crippen molar-refractivity contribution in [1.29, 1.82) is 0 Å². The van der Waals surface area contributed by atoms with E-state index in [0.29, 0.717) is 28.7 Å². The molecule has 4 aromatic rings. The number of hydrogen-bond acceptors (Lipinski definition) is 8. The van der Waals surface area contributed by atoms with Crippen molar-refractivity contribution in [3.63, 3.8) is 0 Å². The summed E-state index contributed by atoms with van der Waals surface area (Å²) in [6.45, 7) is 1.89. The van der Waals surface area contributed by atoms with Crippen LogP contribution in [0.2, 0.25) is 0 Å². The lowest BCUT2D eigenvalue weighted by molar-refractivity contribution is 0.226. The summed E-state index contributed by atoms with van der Waals surface area (Å²) in [6.07, 6.45) is 3.45. The summed E-state index contributed by atoms with van der Waals surface area (Å²) >= 11 is 0. The molecule has 0 spiro atoms. The zero-order valence-corrected chi connectivity index (χ0v) is 26.5. The third kappa shape index (κ3) is 5.02. The van der Waals surface area contributed by atoms with Crippen LogP contribution in [-0.2, 0) is 25.7 Å². The van der Waals surface area contributed by atoms with Crippen molar-refractivity contribution < 1.29 is 29.2 Å². The Kier molecular flexibility index (Phi) is 7.50. The van der Waals surface area contributed by atoms with Gasteiger partial charge in [-0.05, 0) is 121 Å². The second-order valence-corrected chi connectivity index (χ2v) is 12.4. The van der Waals surface area contributed by atoms with E-state index in [0.717, 1.165) is 61.0 Å². The van der Waals surface area contributed by atoms with Crippen LogP contribution in [0.1, 0.15) is 45.5 Å². The van der Waals surface area contributed by atoms with Gasteiger partial charge in [0.15, 0.2) is 34.5 Å². The van der Waals surface area contributed by atoms with Crippen molar-refractivity contribution in [2.24, 2.45) is 0 Å². The molecule has 45 heavy (non-hydrogen) atoms. The Morgan fingerprint density at radius 3 is 2.16 bits per heavy atom. The van der Waals surface area contributed by atoms with E-state index in [2.05, 4.69) is 42.1 Å². The molecule has 0 aromatic heterocycles. The number of likely N-dealkylation sites (N-methyl/N-ethyl adjacent to an activating group) is 2. The Hall–Kier alpha value is -4.40. The second kappa shape index (κ2) is 11.5. The van der Waals surface area contributed by atoms with Gasteiger partial charge in [-0.3, -0.25) is 9.80 Å². The first-order valence-corrected chi connectivity index (χ1v) is 15.5. The molecule has 2 aliphatic heterocycles. The molecule has 0 saturated heterocycles. The molecule has 3 aliphatic rings. The standard InChI is InChI=1S/C37H40N2O6/c1-38-12-10-22-16-30(40)32(42-3)20-26(22)28(38)14-21-6-8-25(9-7-21)45-33-18-24-15-29-35-23(11-13-39(29)2)17-34(43-4)37(44-5)36(35)27(24)19-31(33)41/h6-9,16-20,28-29,40-41H,10-15H2,1-5H3. The summed E-state index contributed by atoms with van der Waals surface area (Å²) < 4.78 is 23.3. The summed E-state index contributed by atoms with van der Waals surface area (Å²) in [4.78, 5) is 4.75. The van der Waals surface area contributed by atoms with Gasteiger partial charge in [-0.15, -0.1) is 0 Å². The number of rotatable bonds is 7. The highest BCUT2D eigenvalue weighted by Crippen LogP contribution is 2.54. The lowest BCUT2D eigenvalue weighted by Gasteiger charge is -2.40. The van der Waals surface area contributed by atoms with Gasteiger partial charge in [-0.2, -0.15) is 0 Å². The first kappa shape index (κ1) is 29.3. The van der Waals surface area contributed by atoms with Gasteiger partial charge in [0, 0.05) is 30.7 Å². The van der Waals surface area contributed by atoms with Gasteiger partial charge in [0.05, 0.1) is 21.3 Å². The van der Waals surface area contributed by atoms with Crippen molar-refractivity contribution in [2.75, 3.05) is 48.5 Å². The number of benzene rings is 4. The minimum Gasteiger partial charge on any atom is -0.504 e. The van der Waals surface area contributed by atoms with Crippen LogP contribution >= 0.6 is 0 Å². The zero-order valence-electron chi connectivity index (χ0n) is 26.5. The first-order chi connectivity index (χ1) is 21.8. The normalized spacial score (nSPS) is 18.9. The van der Waals surface area contributed by atoms with E-state index in [-0.39, 0.29) is 23.6 Å². The maximum absolute atomic E-state index is 11.2. The highest BCUT2D eigenvalue weighted by atomic mass is 16.5. The Morgan fingerprint density at radius 2 is 1.42 bits per heavy atom. The second-order valence-electron chi connectivity index (χ2n) is 12.4. The van der Waals surface area contributed by atoms with Gasteiger partial charge >= 0.3 is 0 Å². The van der Waals surface area contributed by atoms with E-state index in [1.54, 1.807) is 21.3 Å². The summed E-state index contributed by atoms with van der Waals surface area (Å²) in [5.41, 5.74) is 9.10. The third-order valence-electron chi connectivity index (χ3n) is 9.91. The molecule has 234 valence electrons. The van der Waals surface area contributed by atoms with Crippen LogP contribution in [0.15, 0.2) is 54.6 Å². The Bertz CT molecular complexity index is 1770. The third-order valence-corrected chi connectivity index (χ3v) is 9.91. The maximum Gasteiger partial charge on any atom is 0.169 e. The van der Waals surface area contributed by atoms with Gasteiger partial charge in [0.25, 0.3) is 0 Å². The molecule has 4 aromatic carbocycles. The monoisotopic (exact) mass is 608 g/mol. The van der Waals surface area contributed by atoms with Gasteiger partial charge in [0.1, 0.15) is 5.75 Å². The number of nitrogens with zero attached hydrogens (tertiary/aromatic N) is 2. The number of phenols is 2. The molecule has 0 radical (unpaired) electrons. The number of phenolic OH excluding ortho intramolecular Hbond substituents is 2.